The number of aryl methyl sites for hydroxylation is 1. The lowest BCUT2D eigenvalue weighted by molar-refractivity contribution is -0.384. The van der Waals surface area contributed by atoms with Crippen LogP contribution in [-0.4, -0.2) is 43.2 Å². The van der Waals surface area contributed by atoms with E-state index in [1.165, 1.54) is 11.8 Å². The van der Waals surface area contributed by atoms with Gasteiger partial charge in [-0.15, -0.1) is 0 Å². The van der Waals surface area contributed by atoms with Crippen LogP contribution in [0.2, 0.25) is 0 Å². The Morgan fingerprint density at radius 1 is 1.06 bits per heavy atom. The molecule has 3 aromatic rings. The number of carbonyl (C=O) groups excluding carboxylic acids is 1. The zero-order valence-corrected chi connectivity index (χ0v) is 20.2. The van der Waals surface area contributed by atoms with Crippen molar-refractivity contribution in [3.05, 3.63) is 70.4 Å². The molecule has 0 amide bonds. The molecule has 0 aliphatic carbocycles. The van der Waals surface area contributed by atoms with Crippen molar-refractivity contribution in [2.24, 2.45) is 0 Å². The second-order valence-electron chi connectivity index (χ2n) is 8.29. The Labute approximate surface area is 199 Å². The van der Waals surface area contributed by atoms with Crippen molar-refractivity contribution in [1.82, 2.24) is 9.05 Å². The summed E-state index contributed by atoms with van der Waals surface area (Å²) < 4.78 is 8.17. The number of nitrogens with zero attached hydrogens (tertiary/aromatic N) is 3. The number of unbranched alkanes of at least 4 members (excludes halogenated alkanes) is 1. The number of carbonyl (C=O) groups is 1. The number of hydrogen-bond acceptors (Lipinski definition) is 4. The quantitative estimate of drug-likeness (QED) is 0.103. The van der Waals surface area contributed by atoms with Crippen LogP contribution in [0.5, 0.6) is 0 Å². The number of nitro benzene ring substituents is 1. The molecule has 166 valence electrons. The second-order valence-corrected chi connectivity index (χ2v) is 8.29. The van der Waals surface area contributed by atoms with Crippen LogP contribution in [0.25, 0.3) is 10.9 Å². The molecule has 0 fully saturated rings. The molecule has 8 heteroatoms. The van der Waals surface area contributed by atoms with Crippen molar-refractivity contribution in [1.29, 1.82) is 0 Å². The Bertz CT molecular complexity index is 1040. The van der Waals surface area contributed by atoms with Crippen molar-refractivity contribution in [3.8, 4) is 0 Å². The Hall–Kier alpha value is -2.46. The molecule has 0 spiro atoms. The first-order chi connectivity index (χ1) is 14.2. The molecule has 0 atom stereocenters. The number of halogens is 1. The Morgan fingerprint density at radius 2 is 1.77 bits per heavy atom. The number of quaternary nitrogens is 1. The summed E-state index contributed by atoms with van der Waals surface area (Å²) in [5, 5.41) is 11.7. The van der Waals surface area contributed by atoms with Gasteiger partial charge in [0, 0.05) is 35.8 Å². The van der Waals surface area contributed by atoms with E-state index >= 15 is 0 Å². The minimum absolute atomic E-state index is 0. The summed E-state index contributed by atoms with van der Waals surface area (Å²) in [7, 11) is 6.30. The van der Waals surface area contributed by atoms with Gasteiger partial charge in [0.15, 0.2) is 0 Å². The topological polar surface area (TPSA) is 74.4 Å². The van der Waals surface area contributed by atoms with Gasteiger partial charge in [-0.2, -0.15) is 0 Å². The van der Waals surface area contributed by atoms with Crippen LogP contribution in [0.4, 0.5) is 11.4 Å². The maximum atomic E-state index is 12.1. The van der Waals surface area contributed by atoms with Gasteiger partial charge in [-0.1, -0.05) is 12.1 Å². The third kappa shape index (κ3) is 6.76. The van der Waals surface area contributed by atoms with E-state index in [9.17, 15) is 14.9 Å². The molecule has 0 radical (unpaired) electrons. The summed E-state index contributed by atoms with van der Waals surface area (Å²) in [6, 6.07) is 14.8. The normalized spacial score (nSPS) is 11.2. The highest BCUT2D eigenvalue weighted by Gasteiger charge is 2.12. The van der Waals surface area contributed by atoms with Gasteiger partial charge < -0.3 is 33.3 Å². The average molecular weight is 537 g/mol. The highest BCUT2D eigenvalue weighted by Crippen LogP contribution is 2.22. The molecular weight excluding hydrogens is 509 g/mol. The molecule has 0 saturated heterocycles. The number of esters is 1. The molecule has 7 nitrogen and oxygen atoms in total. The van der Waals surface area contributed by atoms with Gasteiger partial charge in [0.25, 0.3) is 5.69 Å². The van der Waals surface area contributed by atoms with Gasteiger partial charge in [-0.3, -0.25) is 19.4 Å². The average Bonchev–Trinajstić information content (AvgIpc) is 3.09. The largest absolute Gasteiger partial charge is 1.00 e. The molecule has 0 bridgehead atoms. The molecule has 31 heavy (non-hydrogen) atoms. The Balaban J connectivity index is 0.00000341. The van der Waals surface area contributed by atoms with E-state index in [1.807, 2.05) is 36.5 Å². The Kier molecular flexibility index (Phi) is 8.58. The Morgan fingerprint density at radius 3 is 2.42 bits per heavy atom. The molecule has 0 aliphatic heterocycles. The summed E-state index contributed by atoms with van der Waals surface area (Å²) in [6.07, 6.45) is 3.82. The lowest BCUT2D eigenvalue weighted by atomic mass is 10.1. The predicted octanol–water partition coefficient (Wildman–Crippen LogP) is 1.32. The standard InChI is InChI=1S/C23H28N3O4.HI/c1-26(2,3)21-9-6-18(7-10-21)16-23(27)30-15-5-4-13-24-14-12-19-17-20(25(28)29)8-11-22(19)24;/h6-12,14,17H,4-5,13,15-16H2,1-3H3;1H/q+1;/p-1. The third-order valence-electron chi connectivity index (χ3n) is 5.08. The number of non-ortho nitro benzene ring substituents is 1. The summed E-state index contributed by atoms with van der Waals surface area (Å²) in [6.45, 7) is 1.16. The van der Waals surface area contributed by atoms with Gasteiger partial charge in [0.1, 0.15) is 5.69 Å². The zero-order valence-electron chi connectivity index (χ0n) is 18.1. The van der Waals surface area contributed by atoms with E-state index in [4.69, 9.17) is 4.74 Å². The van der Waals surface area contributed by atoms with Crippen molar-refractivity contribution in [2.45, 2.75) is 25.8 Å². The smallest absolute Gasteiger partial charge is 0.310 e. The van der Waals surface area contributed by atoms with Crippen LogP contribution in [0, 0.1) is 10.1 Å². The summed E-state index contributed by atoms with van der Waals surface area (Å²) in [5.74, 6) is -0.216. The SMILES string of the molecule is C[N+](C)(C)c1ccc(CC(=O)OCCCCn2ccc3cc([N+](=O)[O-])ccc32)cc1.[I-]. The number of benzene rings is 2. The maximum Gasteiger partial charge on any atom is 0.310 e. The first-order valence-electron chi connectivity index (χ1n) is 10.0. The fraction of sp³-hybridized carbons (Fsp3) is 0.348. The van der Waals surface area contributed by atoms with E-state index < -0.39 is 0 Å². The van der Waals surface area contributed by atoms with Crippen molar-refractivity contribution in [3.63, 3.8) is 0 Å². The highest BCUT2D eigenvalue weighted by molar-refractivity contribution is 5.82. The first-order valence-corrected chi connectivity index (χ1v) is 10.0. The third-order valence-corrected chi connectivity index (χ3v) is 5.08. The van der Waals surface area contributed by atoms with Crippen molar-refractivity contribution < 1.29 is 38.4 Å². The van der Waals surface area contributed by atoms with E-state index in [1.54, 1.807) is 12.1 Å². The molecule has 1 aromatic heterocycles. The molecule has 0 unspecified atom stereocenters. The van der Waals surface area contributed by atoms with Crippen LogP contribution < -0.4 is 28.5 Å². The lowest BCUT2D eigenvalue weighted by Crippen LogP contribution is -3.00. The number of aromatic nitrogens is 1. The van der Waals surface area contributed by atoms with Crippen molar-refractivity contribution >= 4 is 28.2 Å². The van der Waals surface area contributed by atoms with Gasteiger partial charge in [0.05, 0.1) is 39.1 Å². The van der Waals surface area contributed by atoms with Gasteiger partial charge in [-0.05, 0) is 42.7 Å². The highest BCUT2D eigenvalue weighted by atomic mass is 127. The molecule has 0 N–H and O–H groups in total. The molecule has 3 rings (SSSR count). The monoisotopic (exact) mass is 537 g/mol. The summed E-state index contributed by atoms with van der Waals surface area (Å²) in [4.78, 5) is 22.6. The second kappa shape index (κ2) is 10.7. The number of hydrogen-bond donors (Lipinski definition) is 0. The number of rotatable bonds is 9. The van der Waals surface area contributed by atoms with Gasteiger partial charge >= 0.3 is 5.97 Å². The fourth-order valence-electron chi connectivity index (χ4n) is 3.35. The van der Waals surface area contributed by atoms with Crippen LogP contribution in [0.1, 0.15) is 18.4 Å². The zero-order chi connectivity index (χ0) is 21.7. The fourth-order valence-corrected chi connectivity index (χ4v) is 3.35. The molecule has 1 heterocycles. The number of ether oxygens (including phenoxy) is 1. The van der Waals surface area contributed by atoms with Crippen LogP contribution in [0.3, 0.4) is 0 Å². The van der Waals surface area contributed by atoms with E-state index in [0.29, 0.717) is 6.61 Å². The molecule has 2 aromatic carbocycles. The van der Waals surface area contributed by atoms with Crippen LogP contribution >= 0.6 is 0 Å². The van der Waals surface area contributed by atoms with Gasteiger partial charge in [-0.25, -0.2) is 0 Å². The minimum Gasteiger partial charge on any atom is -1.00 e. The molecular formula is C23H28IN3O4. The van der Waals surface area contributed by atoms with E-state index in [-0.39, 0.29) is 47.0 Å². The van der Waals surface area contributed by atoms with E-state index in [2.05, 4.69) is 25.7 Å². The first kappa shape index (κ1) is 24.8. The van der Waals surface area contributed by atoms with Gasteiger partial charge in [0.2, 0.25) is 0 Å². The van der Waals surface area contributed by atoms with E-state index in [0.717, 1.165) is 40.3 Å². The van der Waals surface area contributed by atoms with Crippen LogP contribution in [-0.2, 0) is 22.5 Å². The summed E-state index contributed by atoms with van der Waals surface area (Å²) in [5.41, 5.74) is 3.19. The maximum absolute atomic E-state index is 12.1. The number of nitro groups is 1. The number of fused-ring (bicyclic) bond motifs is 1. The van der Waals surface area contributed by atoms with Crippen molar-refractivity contribution in [2.75, 3.05) is 27.7 Å². The molecule has 0 saturated carbocycles. The predicted molar refractivity (Wildman–Crippen MR) is 118 cm³/mol. The lowest BCUT2D eigenvalue weighted by Gasteiger charge is -2.23. The summed E-state index contributed by atoms with van der Waals surface area (Å²) >= 11 is 0. The molecule has 0 aliphatic rings. The minimum atomic E-state index is -0.386. The van der Waals surface area contributed by atoms with Crippen LogP contribution in [0.15, 0.2) is 54.7 Å².